The molecular weight excluding hydrogens is 420 g/mol. The summed E-state index contributed by atoms with van der Waals surface area (Å²) in [7, 11) is 2.86. The molecule has 9 nitrogen and oxygen atoms in total. The average molecular weight is 444 g/mol. The van der Waals surface area contributed by atoms with Gasteiger partial charge < -0.3 is 33.5 Å². The predicted molar refractivity (Wildman–Crippen MR) is 111 cm³/mol. The molecule has 0 bridgehead atoms. The first kappa shape index (κ1) is 21.8. The van der Waals surface area contributed by atoms with Gasteiger partial charge in [0.2, 0.25) is 18.3 Å². The van der Waals surface area contributed by atoms with Gasteiger partial charge in [0.25, 0.3) is 0 Å². The number of methoxy groups -OCH3 is 2. The fraction of sp³-hybridized carbons (Fsp3) is 0.391. The molecule has 0 amide bonds. The van der Waals surface area contributed by atoms with Crippen LogP contribution in [0, 0.1) is 5.92 Å². The molecule has 2 aliphatic rings. The third-order valence-electron chi connectivity index (χ3n) is 5.59. The van der Waals surface area contributed by atoms with Crippen LogP contribution in [0.4, 0.5) is 0 Å². The van der Waals surface area contributed by atoms with Crippen molar-refractivity contribution in [2.24, 2.45) is 5.92 Å². The van der Waals surface area contributed by atoms with Gasteiger partial charge in [0.1, 0.15) is 11.5 Å². The van der Waals surface area contributed by atoms with Crippen LogP contribution in [0.3, 0.4) is 0 Å². The summed E-state index contributed by atoms with van der Waals surface area (Å²) in [5.41, 5.74) is 1.23. The van der Waals surface area contributed by atoms with E-state index < -0.39 is 23.6 Å². The average Bonchev–Trinajstić information content (AvgIpc) is 3.17. The first-order valence-electron chi connectivity index (χ1n) is 9.96. The Hall–Kier alpha value is -3.46. The zero-order valence-electron chi connectivity index (χ0n) is 18.4. The normalized spacial score (nSPS) is 23.1. The van der Waals surface area contributed by atoms with Crippen LogP contribution in [0.2, 0.25) is 0 Å². The van der Waals surface area contributed by atoms with Crippen LogP contribution in [0.15, 0.2) is 24.3 Å². The van der Waals surface area contributed by atoms with Gasteiger partial charge in [-0.25, -0.2) is 0 Å². The van der Waals surface area contributed by atoms with E-state index in [1.807, 2.05) is 0 Å². The molecule has 0 aliphatic carbocycles. The van der Waals surface area contributed by atoms with E-state index >= 15 is 0 Å². The lowest BCUT2D eigenvalue weighted by Crippen LogP contribution is -2.50. The van der Waals surface area contributed by atoms with E-state index in [9.17, 15) is 14.7 Å². The Bertz CT molecular complexity index is 1060. The molecule has 0 spiro atoms. The highest BCUT2D eigenvalue weighted by Crippen LogP contribution is 2.53. The summed E-state index contributed by atoms with van der Waals surface area (Å²) in [6, 6.07) is 6.68. The Morgan fingerprint density at radius 3 is 2.12 bits per heavy atom. The zero-order chi connectivity index (χ0) is 23.2. The third kappa shape index (κ3) is 3.58. The van der Waals surface area contributed by atoms with E-state index in [-0.39, 0.29) is 29.8 Å². The van der Waals surface area contributed by atoms with Gasteiger partial charge in [-0.05, 0) is 30.7 Å². The number of carbonyl (C=O) groups is 2. The van der Waals surface area contributed by atoms with Crippen LogP contribution in [-0.4, -0.2) is 43.7 Å². The molecule has 1 N–H and O–H groups in total. The summed E-state index contributed by atoms with van der Waals surface area (Å²) in [5.74, 6) is -2.24. The number of hydrogen-bond donors (Lipinski definition) is 1. The molecule has 2 heterocycles. The lowest BCUT2D eigenvalue weighted by Gasteiger charge is -2.42. The van der Waals surface area contributed by atoms with E-state index in [1.54, 1.807) is 24.3 Å². The number of esters is 1. The summed E-state index contributed by atoms with van der Waals surface area (Å²) in [6.07, 6.45) is 0. The van der Waals surface area contributed by atoms with Crippen molar-refractivity contribution >= 4 is 11.8 Å². The van der Waals surface area contributed by atoms with Crippen molar-refractivity contribution in [3.63, 3.8) is 0 Å². The Balaban J connectivity index is 1.96. The number of aliphatic hydroxyl groups is 1. The maximum Gasteiger partial charge on any atom is 0.308 e. The number of hydrogen-bond acceptors (Lipinski definition) is 9. The fourth-order valence-electron chi connectivity index (χ4n) is 4.35. The summed E-state index contributed by atoms with van der Waals surface area (Å²) in [5, 5.41) is 11.1. The standard InChI is InChI=1S/C23H24O9/c1-11(24)21-20(13-6-18(27-4)22(31-12(2)25)19(7-13)28-5)14-8-16-17(30-10-29-16)9-15(14)32-23(21,3)26/h6-9,20-21,26H,10H2,1-5H3/t20-,21+,23-/m1/s1. The largest absolute Gasteiger partial charge is 0.493 e. The molecule has 3 atom stereocenters. The van der Waals surface area contributed by atoms with Crippen LogP contribution in [0.25, 0.3) is 0 Å². The molecule has 32 heavy (non-hydrogen) atoms. The number of rotatable bonds is 5. The Kier molecular flexibility index (Phi) is 5.37. The molecule has 0 fully saturated rings. The van der Waals surface area contributed by atoms with Crippen LogP contribution in [-0.2, 0) is 9.59 Å². The summed E-state index contributed by atoms with van der Waals surface area (Å²) in [4.78, 5) is 24.3. The second-order valence-electron chi connectivity index (χ2n) is 7.81. The third-order valence-corrected chi connectivity index (χ3v) is 5.59. The number of fused-ring (bicyclic) bond motifs is 2. The minimum Gasteiger partial charge on any atom is -0.493 e. The molecule has 0 saturated carbocycles. The first-order valence-corrected chi connectivity index (χ1v) is 9.96. The predicted octanol–water partition coefficient (Wildman–Crippen LogP) is 2.80. The van der Waals surface area contributed by atoms with Crippen molar-refractivity contribution in [2.75, 3.05) is 21.0 Å². The molecule has 4 rings (SSSR count). The number of benzene rings is 2. The lowest BCUT2D eigenvalue weighted by molar-refractivity contribution is -0.181. The Morgan fingerprint density at radius 2 is 1.59 bits per heavy atom. The number of ketones is 1. The van der Waals surface area contributed by atoms with Crippen molar-refractivity contribution < 1.29 is 43.1 Å². The second-order valence-corrected chi connectivity index (χ2v) is 7.81. The van der Waals surface area contributed by atoms with E-state index in [0.29, 0.717) is 28.4 Å². The number of Topliss-reactive ketones (excluding diaryl/α,β-unsaturated/α-hetero) is 1. The molecule has 0 radical (unpaired) electrons. The second kappa shape index (κ2) is 7.90. The minimum atomic E-state index is -1.80. The smallest absolute Gasteiger partial charge is 0.308 e. The first-order chi connectivity index (χ1) is 15.2. The van der Waals surface area contributed by atoms with Gasteiger partial charge in [-0.2, -0.15) is 0 Å². The monoisotopic (exact) mass is 444 g/mol. The molecule has 9 heteroatoms. The van der Waals surface area contributed by atoms with Crippen LogP contribution >= 0.6 is 0 Å². The molecule has 170 valence electrons. The topological polar surface area (TPSA) is 110 Å². The Labute approximate surface area is 184 Å². The van der Waals surface area contributed by atoms with E-state index in [2.05, 4.69) is 0 Å². The highest BCUT2D eigenvalue weighted by molar-refractivity contribution is 5.82. The van der Waals surface area contributed by atoms with E-state index in [0.717, 1.165) is 0 Å². The van der Waals surface area contributed by atoms with Crippen molar-refractivity contribution in [2.45, 2.75) is 32.5 Å². The van der Waals surface area contributed by atoms with Crippen LogP contribution in [0.1, 0.15) is 37.8 Å². The van der Waals surface area contributed by atoms with Crippen molar-refractivity contribution in [1.29, 1.82) is 0 Å². The highest BCUT2D eigenvalue weighted by atomic mass is 16.7. The molecule has 2 aliphatic heterocycles. The summed E-state index contributed by atoms with van der Waals surface area (Å²) < 4.78 is 33.0. The quantitative estimate of drug-likeness (QED) is 0.550. The van der Waals surface area contributed by atoms with Gasteiger partial charge in [-0.1, -0.05) is 0 Å². The molecule has 0 aromatic heterocycles. The fourth-order valence-corrected chi connectivity index (χ4v) is 4.35. The van der Waals surface area contributed by atoms with Gasteiger partial charge in [-0.15, -0.1) is 0 Å². The maximum atomic E-state index is 12.7. The molecule has 2 aromatic rings. The maximum absolute atomic E-state index is 12.7. The molecular formula is C23H24O9. The molecule has 0 saturated heterocycles. The molecule has 0 unspecified atom stereocenters. The summed E-state index contributed by atoms with van der Waals surface area (Å²) in [6.45, 7) is 4.18. The number of carbonyl (C=O) groups excluding carboxylic acids is 2. The number of ether oxygens (including phenoxy) is 6. The zero-order valence-corrected chi connectivity index (χ0v) is 18.4. The van der Waals surface area contributed by atoms with Crippen LogP contribution in [0.5, 0.6) is 34.5 Å². The van der Waals surface area contributed by atoms with Crippen molar-refractivity contribution in [3.8, 4) is 34.5 Å². The summed E-state index contributed by atoms with van der Waals surface area (Å²) >= 11 is 0. The highest BCUT2D eigenvalue weighted by Gasteiger charge is 2.50. The Morgan fingerprint density at radius 1 is 1.00 bits per heavy atom. The van der Waals surface area contributed by atoms with Gasteiger partial charge >= 0.3 is 5.97 Å². The van der Waals surface area contributed by atoms with E-state index in [1.165, 1.54) is 35.0 Å². The van der Waals surface area contributed by atoms with Crippen LogP contribution < -0.4 is 28.4 Å². The lowest BCUT2D eigenvalue weighted by atomic mass is 9.72. The molecule has 2 aromatic carbocycles. The van der Waals surface area contributed by atoms with E-state index in [4.69, 9.17) is 28.4 Å². The van der Waals surface area contributed by atoms with Gasteiger partial charge in [0.15, 0.2) is 23.0 Å². The van der Waals surface area contributed by atoms with Crippen molar-refractivity contribution in [3.05, 3.63) is 35.4 Å². The SMILES string of the molecule is COc1cc([C@@H]2c3cc4c(cc3O[C@@](C)(O)[C@H]2C(C)=O)OCO4)cc(OC)c1OC(C)=O. The van der Waals surface area contributed by atoms with Gasteiger partial charge in [0, 0.05) is 31.4 Å². The van der Waals surface area contributed by atoms with Gasteiger partial charge in [-0.3, -0.25) is 9.59 Å². The van der Waals surface area contributed by atoms with Gasteiger partial charge in [0.05, 0.1) is 20.1 Å². The minimum absolute atomic E-state index is 0.0636. The van der Waals surface area contributed by atoms with Crippen molar-refractivity contribution in [1.82, 2.24) is 0 Å².